The number of halogens is 1. The van der Waals surface area contributed by atoms with Gasteiger partial charge in [-0.15, -0.1) is 0 Å². The first kappa shape index (κ1) is 21.4. The highest BCUT2D eigenvalue weighted by molar-refractivity contribution is 5.81. The summed E-state index contributed by atoms with van der Waals surface area (Å²) in [6, 6.07) is 5.24. The Balaban J connectivity index is 1.70. The number of unbranched alkanes of at least 4 members (excludes halogenated alkanes) is 6. The normalized spacial score (nSPS) is 11.2. The van der Waals surface area contributed by atoms with Gasteiger partial charge in [0.2, 0.25) is 5.82 Å². The summed E-state index contributed by atoms with van der Waals surface area (Å²) in [5.74, 6) is -0.146. The van der Waals surface area contributed by atoms with Crippen LogP contribution >= 0.6 is 0 Å². The van der Waals surface area contributed by atoms with E-state index in [0.717, 1.165) is 32.5 Å². The van der Waals surface area contributed by atoms with Crippen LogP contribution in [0.1, 0.15) is 64.4 Å². The van der Waals surface area contributed by atoms with Crippen molar-refractivity contribution in [3.8, 4) is 5.75 Å². The number of hydrogen-bond donors (Lipinski definition) is 0. The van der Waals surface area contributed by atoms with Crippen LogP contribution in [0.2, 0.25) is 0 Å². The van der Waals surface area contributed by atoms with E-state index in [1.54, 1.807) is 18.2 Å². The molecule has 0 atom stereocenters. The summed E-state index contributed by atoms with van der Waals surface area (Å²) >= 11 is 0. The van der Waals surface area contributed by atoms with Crippen molar-refractivity contribution in [2.75, 3.05) is 19.8 Å². The van der Waals surface area contributed by atoms with Crippen molar-refractivity contribution in [2.24, 2.45) is 0 Å². The average molecular weight is 378 g/mol. The predicted molar refractivity (Wildman–Crippen MR) is 106 cm³/mol. The Morgan fingerprint density at radius 3 is 2.30 bits per heavy atom. The largest absolute Gasteiger partial charge is 0.493 e. The van der Waals surface area contributed by atoms with Gasteiger partial charge in [-0.3, -0.25) is 0 Å². The molecule has 0 bridgehead atoms. The van der Waals surface area contributed by atoms with E-state index in [9.17, 15) is 9.18 Å². The number of ether oxygens (including phenoxy) is 2. The summed E-state index contributed by atoms with van der Waals surface area (Å²) in [5.41, 5.74) is -0.144. The number of aryl methyl sites for hydroxylation is 1. The maximum Gasteiger partial charge on any atom is 0.372 e. The van der Waals surface area contributed by atoms with Gasteiger partial charge in [0.1, 0.15) is 11.3 Å². The molecule has 0 spiro atoms. The van der Waals surface area contributed by atoms with Crippen LogP contribution in [0.25, 0.3) is 11.0 Å². The monoisotopic (exact) mass is 378 g/mol. The fraction of sp³-hybridized carbons (Fsp3) is 0.591. The van der Waals surface area contributed by atoms with E-state index in [0.29, 0.717) is 35.3 Å². The first-order valence-corrected chi connectivity index (χ1v) is 10.1. The van der Waals surface area contributed by atoms with E-state index in [4.69, 9.17) is 13.9 Å². The third kappa shape index (κ3) is 6.65. The van der Waals surface area contributed by atoms with E-state index >= 15 is 0 Å². The molecule has 0 amide bonds. The van der Waals surface area contributed by atoms with Crippen molar-refractivity contribution in [2.45, 2.75) is 65.2 Å². The first-order valence-electron chi connectivity index (χ1n) is 10.1. The minimum atomic E-state index is -0.919. The van der Waals surface area contributed by atoms with Gasteiger partial charge < -0.3 is 13.9 Å². The van der Waals surface area contributed by atoms with Gasteiger partial charge in [-0.05, 0) is 38.3 Å². The molecule has 1 heterocycles. The second-order valence-electron chi connectivity index (χ2n) is 6.71. The summed E-state index contributed by atoms with van der Waals surface area (Å²) in [6.07, 6.45) is 8.68. The van der Waals surface area contributed by atoms with Crippen molar-refractivity contribution >= 4 is 11.0 Å². The van der Waals surface area contributed by atoms with Crippen molar-refractivity contribution in [1.82, 2.24) is 0 Å². The third-order valence-electron chi connectivity index (χ3n) is 4.68. The molecule has 27 heavy (non-hydrogen) atoms. The van der Waals surface area contributed by atoms with Crippen LogP contribution in [0, 0.1) is 5.82 Å². The zero-order chi connectivity index (χ0) is 19.5. The molecule has 2 aromatic rings. The second-order valence-corrected chi connectivity index (χ2v) is 6.71. The molecule has 150 valence electrons. The van der Waals surface area contributed by atoms with Crippen molar-refractivity contribution in [3.05, 3.63) is 40.0 Å². The molecular formula is C22H31FO4. The van der Waals surface area contributed by atoms with Gasteiger partial charge in [0.05, 0.1) is 6.61 Å². The van der Waals surface area contributed by atoms with E-state index in [2.05, 4.69) is 0 Å². The van der Waals surface area contributed by atoms with Gasteiger partial charge in [0, 0.05) is 30.2 Å². The van der Waals surface area contributed by atoms with Gasteiger partial charge in [-0.1, -0.05) is 39.0 Å². The topological polar surface area (TPSA) is 48.7 Å². The van der Waals surface area contributed by atoms with E-state index < -0.39 is 11.4 Å². The van der Waals surface area contributed by atoms with Crippen LogP contribution in [0.4, 0.5) is 4.39 Å². The standard InChI is InChI=1S/C22H31FO4/c1-3-18-19-13-12-17(16-20(19)27-22(24)21(18)23)26-15-11-9-7-5-6-8-10-14-25-4-2/h12-13,16H,3-11,14-15H2,1-2H3. The molecule has 0 saturated heterocycles. The van der Waals surface area contributed by atoms with Gasteiger partial charge in [0.25, 0.3) is 0 Å². The molecule has 0 saturated carbocycles. The molecule has 1 aromatic carbocycles. The molecule has 0 aliphatic heterocycles. The molecule has 0 aliphatic rings. The zero-order valence-electron chi connectivity index (χ0n) is 16.5. The van der Waals surface area contributed by atoms with Gasteiger partial charge in [0.15, 0.2) is 0 Å². The minimum absolute atomic E-state index is 0.378. The average Bonchev–Trinajstić information content (AvgIpc) is 2.67. The quantitative estimate of drug-likeness (QED) is 0.334. The lowest BCUT2D eigenvalue weighted by Crippen LogP contribution is -2.09. The highest BCUT2D eigenvalue weighted by Gasteiger charge is 2.13. The summed E-state index contributed by atoms with van der Waals surface area (Å²) in [7, 11) is 0. The van der Waals surface area contributed by atoms with Crippen molar-refractivity contribution in [1.29, 1.82) is 0 Å². The van der Waals surface area contributed by atoms with E-state index in [1.807, 2.05) is 13.8 Å². The first-order chi connectivity index (χ1) is 13.2. The Morgan fingerprint density at radius 2 is 1.63 bits per heavy atom. The fourth-order valence-corrected chi connectivity index (χ4v) is 3.18. The molecule has 0 N–H and O–H groups in total. The second kappa shape index (κ2) is 11.8. The van der Waals surface area contributed by atoms with Gasteiger partial charge in [-0.2, -0.15) is 4.39 Å². The lowest BCUT2D eigenvalue weighted by Gasteiger charge is -2.09. The SMILES string of the molecule is CCOCCCCCCCCCOc1ccc2c(CC)c(F)c(=O)oc2c1. The number of hydrogen-bond acceptors (Lipinski definition) is 4. The molecule has 1 aromatic heterocycles. The molecule has 0 fully saturated rings. The Kier molecular flexibility index (Phi) is 9.32. The van der Waals surface area contributed by atoms with Crippen LogP contribution in [-0.2, 0) is 11.2 Å². The number of benzene rings is 1. The maximum atomic E-state index is 13.8. The molecule has 0 radical (unpaired) electrons. The molecule has 0 aliphatic carbocycles. The lowest BCUT2D eigenvalue weighted by atomic mass is 10.1. The molecule has 2 rings (SSSR count). The highest BCUT2D eigenvalue weighted by Crippen LogP contribution is 2.24. The number of rotatable bonds is 13. The Bertz CT molecular complexity index is 754. The molecular weight excluding hydrogens is 347 g/mol. The van der Waals surface area contributed by atoms with Crippen LogP contribution in [0.5, 0.6) is 5.75 Å². The smallest absolute Gasteiger partial charge is 0.372 e. The zero-order valence-corrected chi connectivity index (χ0v) is 16.5. The van der Waals surface area contributed by atoms with Crippen molar-refractivity contribution < 1.29 is 18.3 Å². The summed E-state index contributed by atoms with van der Waals surface area (Å²) in [4.78, 5) is 11.6. The Labute approximate surface area is 160 Å². The van der Waals surface area contributed by atoms with Crippen LogP contribution in [-0.4, -0.2) is 19.8 Å². The van der Waals surface area contributed by atoms with Crippen LogP contribution < -0.4 is 10.4 Å². The van der Waals surface area contributed by atoms with E-state index in [-0.39, 0.29) is 0 Å². The Morgan fingerprint density at radius 1 is 0.963 bits per heavy atom. The summed E-state index contributed by atoms with van der Waals surface area (Å²) in [6.45, 7) is 6.16. The molecule has 0 unspecified atom stereocenters. The van der Waals surface area contributed by atoms with Gasteiger partial charge in [-0.25, -0.2) is 4.79 Å². The van der Waals surface area contributed by atoms with E-state index in [1.165, 1.54) is 25.7 Å². The lowest BCUT2D eigenvalue weighted by molar-refractivity contribution is 0.143. The highest BCUT2D eigenvalue weighted by atomic mass is 19.1. The molecule has 4 nitrogen and oxygen atoms in total. The maximum absolute atomic E-state index is 13.8. The summed E-state index contributed by atoms with van der Waals surface area (Å²) < 4.78 is 30.0. The number of fused-ring (bicyclic) bond motifs is 1. The third-order valence-corrected chi connectivity index (χ3v) is 4.68. The van der Waals surface area contributed by atoms with Gasteiger partial charge >= 0.3 is 5.63 Å². The Hall–Kier alpha value is -1.88. The molecule has 5 heteroatoms. The summed E-state index contributed by atoms with van der Waals surface area (Å²) in [5, 5.41) is 0.631. The van der Waals surface area contributed by atoms with Crippen molar-refractivity contribution in [3.63, 3.8) is 0 Å². The van der Waals surface area contributed by atoms with Crippen LogP contribution in [0.15, 0.2) is 27.4 Å². The predicted octanol–water partition coefficient (Wildman–Crippen LogP) is 5.64. The van der Waals surface area contributed by atoms with Crippen LogP contribution in [0.3, 0.4) is 0 Å². The minimum Gasteiger partial charge on any atom is -0.493 e. The fourth-order valence-electron chi connectivity index (χ4n) is 3.18.